The van der Waals surface area contributed by atoms with E-state index in [9.17, 15) is 4.79 Å². The number of rotatable bonds is 2. The molecule has 0 radical (unpaired) electrons. The van der Waals surface area contributed by atoms with Crippen LogP contribution in [0.2, 0.25) is 0 Å². The second-order valence-corrected chi connectivity index (χ2v) is 4.53. The summed E-state index contributed by atoms with van der Waals surface area (Å²) in [5, 5.41) is 0. The number of hydrogen-bond acceptors (Lipinski definition) is 3. The first-order valence-corrected chi connectivity index (χ1v) is 6.19. The molecule has 0 aliphatic carbocycles. The molecule has 2 aromatic rings. The summed E-state index contributed by atoms with van der Waals surface area (Å²) in [6, 6.07) is 15.1. The molecule has 1 heterocycles. The highest BCUT2D eigenvalue weighted by molar-refractivity contribution is 5.88. The van der Waals surface area contributed by atoms with Crippen molar-refractivity contribution in [3.05, 3.63) is 59.7 Å². The van der Waals surface area contributed by atoms with E-state index in [0.717, 1.165) is 22.6 Å². The van der Waals surface area contributed by atoms with Gasteiger partial charge in [0.05, 0.1) is 7.11 Å². The summed E-state index contributed by atoms with van der Waals surface area (Å²) in [4.78, 5) is 12.2. The molecule has 0 bridgehead atoms. The molecular weight excluding hydrogens is 240 g/mol. The summed E-state index contributed by atoms with van der Waals surface area (Å²) in [5.74, 6) is 1.58. The van der Waals surface area contributed by atoms with Crippen molar-refractivity contribution in [2.24, 2.45) is 0 Å². The largest absolute Gasteiger partial charge is 0.497 e. The number of hydrogen-bond donors (Lipinski definition) is 0. The molecular formula is C16H14O3. The van der Waals surface area contributed by atoms with Gasteiger partial charge in [-0.3, -0.25) is 4.79 Å². The smallest absolute Gasteiger partial charge is 0.182 e. The lowest BCUT2D eigenvalue weighted by Crippen LogP contribution is -2.25. The molecule has 3 nitrogen and oxygen atoms in total. The number of carbonyl (C=O) groups is 1. The molecule has 19 heavy (non-hydrogen) atoms. The average molecular weight is 254 g/mol. The van der Waals surface area contributed by atoms with Crippen LogP contribution in [0.15, 0.2) is 48.5 Å². The van der Waals surface area contributed by atoms with Gasteiger partial charge in [0.15, 0.2) is 11.9 Å². The second kappa shape index (κ2) is 4.76. The molecule has 1 atom stereocenters. The van der Waals surface area contributed by atoms with Crippen LogP contribution in [0.4, 0.5) is 0 Å². The molecule has 0 saturated carbocycles. The van der Waals surface area contributed by atoms with Crippen molar-refractivity contribution in [3.63, 3.8) is 0 Å². The van der Waals surface area contributed by atoms with E-state index in [1.807, 2.05) is 48.5 Å². The van der Waals surface area contributed by atoms with Crippen molar-refractivity contribution in [1.29, 1.82) is 0 Å². The first kappa shape index (κ1) is 11.8. The molecule has 96 valence electrons. The summed E-state index contributed by atoms with van der Waals surface area (Å²) in [7, 11) is 1.61. The Hall–Kier alpha value is -2.29. The van der Waals surface area contributed by atoms with Crippen LogP contribution in [0.25, 0.3) is 0 Å². The van der Waals surface area contributed by atoms with E-state index >= 15 is 0 Å². The van der Waals surface area contributed by atoms with Gasteiger partial charge in [-0.2, -0.15) is 0 Å². The van der Waals surface area contributed by atoms with E-state index in [1.165, 1.54) is 0 Å². The minimum atomic E-state index is -0.498. The van der Waals surface area contributed by atoms with Crippen molar-refractivity contribution in [1.82, 2.24) is 0 Å². The van der Waals surface area contributed by atoms with Crippen molar-refractivity contribution >= 4 is 5.78 Å². The summed E-state index contributed by atoms with van der Waals surface area (Å²) in [5.41, 5.74) is 1.78. The Labute approximate surface area is 111 Å². The van der Waals surface area contributed by atoms with E-state index in [2.05, 4.69) is 0 Å². The zero-order valence-corrected chi connectivity index (χ0v) is 10.6. The second-order valence-electron chi connectivity index (χ2n) is 4.53. The highest BCUT2D eigenvalue weighted by atomic mass is 16.5. The first-order valence-electron chi connectivity index (χ1n) is 6.19. The van der Waals surface area contributed by atoms with Gasteiger partial charge < -0.3 is 9.47 Å². The number of ketones is 1. The summed E-state index contributed by atoms with van der Waals surface area (Å²) in [6.07, 6.45) is -0.117. The third-order valence-electron chi connectivity index (χ3n) is 3.27. The van der Waals surface area contributed by atoms with Crippen LogP contribution in [0, 0.1) is 0 Å². The van der Waals surface area contributed by atoms with E-state index in [-0.39, 0.29) is 5.78 Å². The van der Waals surface area contributed by atoms with Crippen LogP contribution in [-0.2, 0) is 11.2 Å². The fraction of sp³-hybridized carbons (Fsp3) is 0.188. The Morgan fingerprint density at radius 2 is 1.95 bits per heavy atom. The third kappa shape index (κ3) is 2.19. The van der Waals surface area contributed by atoms with Crippen LogP contribution >= 0.6 is 0 Å². The molecule has 1 unspecified atom stereocenters. The molecule has 1 aliphatic rings. The van der Waals surface area contributed by atoms with Gasteiger partial charge in [0, 0.05) is 12.0 Å². The SMILES string of the molecule is COc1ccc2c(c1)CC(=O)C(c1ccccc1)O2. The van der Waals surface area contributed by atoms with Crippen molar-refractivity contribution < 1.29 is 14.3 Å². The maximum Gasteiger partial charge on any atom is 0.182 e. The number of fused-ring (bicyclic) bond motifs is 1. The lowest BCUT2D eigenvalue weighted by atomic mass is 9.96. The predicted octanol–water partition coefficient (Wildman–Crippen LogP) is 2.94. The normalized spacial score (nSPS) is 17.5. The molecule has 0 fully saturated rings. The average Bonchev–Trinajstić information content (AvgIpc) is 2.47. The molecule has 0 amide bonds. The Morgan fingerprint density at radius 1 is 1.16 bits per heavy atom. The third-order valence-corrected chi connectivity index (χ3v) is 3.27. The van der Waals surface area contributed by atoms with Gasteiger partial charge >= 0.3 is 0 Å². The highest BCUT2D eigenvalue weighted by Gasteiger charge is 2.29. The molecule has 0 N–H and O–H groups in total. The minimum absolute atomic E-state index is 0.0759. The number of ether oxygens (including phenoxy) is 2. The Bertz CT molecular complexity index is 605. The summed E-state index contributed by atoms with van der Waals surface area (Å²) < 4.78 is 11.0. The first-order chi connectivity index (χ1) is 9.28. The molecule has 0 aromatic heterocycles. The van der Waals surface area contributed by atoms with Crippen molar-refractivity contribution in [2.45, 2.75) is 12.5 Å². The van der Waals surface area contributed by atoms with Crippen LogP contribution in [0.3, 0.4) is 0 Å². The lowest BCUT2D eigenvalue weighted by Gasteiger charge is -2.25. The summed E-state index contributed by atoms with van der Waals surface area (Å²) in [6.45, 7) is 0. The number of benzene rings is 2. The zero-order valence-electron chi connectivity index (χ0n) is 10.6. The topological polar surface area (TPSA) is 35.5 Å². The Kier molecular flexibility index (Phi) is 2.95. The van der Waals surface area contributed by atoms with E-state index < -0.39 is 6.10 Å². The molecule has 0 saturated heterocycles. The molecule has 2 aromatic carbocycles. The predicted molar refractivity (Wildman–Crippen MR) is 71.5 cm³/mol. The number of methoxy groups -OCH3 is 1. The number of carbonyl (C=O) groups excluding carboxylic acids is 1. The van der Waals surface area contributed by atoms with Gasteiger partial charge in [-0.1, -0.05) is 30.3 Å². The maximum absolute atomic E-state index is 12.2. The Balaban J connectivity index is 1.94. The quantitative estimate of drug-likeness (QED) is 0.826. The van der Waals surface area contributed by atoms with Gasteiger partial charge in [0.25, 0.3) is 0 Å². The monoisotopic (exact) mass is 254 g/mol. The highest BCUT2D eigenvalue weighted by Crippen LogP contribution is 2.34. The molecule has 0 spiro atoms. The fourth-order valence-electron chi connectivity index (χ4n) is 2.29. The van der Waals surface area contributed by atoms with Crippen LogP contribution < -0.4 is 9.47 Å². The van der Waals surface area contributed by atoms with Crippen LogP contribution in [-0.4, -0.2) is 12.9 Å². The molecule has 3 rings (SSSR count). The maximum atomic E-state index is 12.2. The number of Topliss-reactive ketones (excluding diaryl/α,β-unsaturated/α-hetero) is 1. The standard InChI is InChI=1S/C16H14O3/c1-18-13-7-8-15-12(9-13)10-14(17)16(19-15)11-5-3-2-4-6-11/h2-9,16H,10H2,1H3. The molecule has 3 heteroatoms. The van der Waals surface area contributed by atoms with Crippen LogP contribution in [0.1, 0.15) is 17.2 Å². The minimum Gasteiger partial charge on any atom is -0.497 e. The fourth-order valence-corrected chi connectivity index (χ4v) is 2.29. The van der Waals surface area contributed by atoms with Gasteiger partial charge in [-0.25, -0.2) is 0 Å². The van der Waals surface area contributed by atoms with Crippen molar-refractivity contribution in [3.8, 4) is 11.5 Å². The Morgan fingerprint density at radius 3 is 2.68 bits per heavy atom. The van der Waals surface area contributed by atoms with E-state index in [0.29, 0.717) is 6.42 Å². The van der Waals surface area contributed by atoms with Gasteiger partial charge in [0.1, 0.15) is 11.5 Å². The van der Waals surface area contributed by atoms with Gasteiger partial charge in [0.2, 0.25) is 0 Å². The van der Waals surface area contributed by atoms with Gasteiger partial charge in [-0.05, 0) is 23.8 Å². The summed E-state index contributed by atoms with van der Waals surface area (Å²) >= 11 is 0. The van der Waals surface area contributed by atoms with Gasteiger partial charge in [-0.15, -0.1) is 0 Å². The molecule has 1 aliphatic heterocycles. The zero-order chi connectivity index (χ0) is 13.2. The van der Waals surface area contributed by atoms with Crippen molar-refractivity contribution in [2.75, 3.05) is 7.11 Å². The van der Waals surface area contributed by atoms with E-state index in [4.69, 9.17) is 9.47 Å². The van der Waals surface area contributed by atoms with E-state index in [1.54, 1.807) is 7.11 Å². The lowest BCUT2D eigenvalue weighted by molar-refractivity contribution is -0.126. The van der Waals surface area contributed by atoms with Crippen LogP contribution in [0.5, 0.6) is 11.5 Å².